The van der Waals surface area contributed by atoms with Gasteiger partial charge in [0.05, 0.1) is 5.92 Å². The molecule has 1 atom stereocenters. The summed E-state index contributed by atoms with van der Waals surface area (Å²) in [6.07, 6.45) is 1.51. The van der Waals surface area contributed by atoms with Crippen molar-refractivity contribution in [2.24, 2.45) is 5.92 Å². The normalized spacial score (nSPS) is 16.0. The number of rotatable bonds is 4. The van der Waals surface area contributed by atoms with Crippen molar-refractivity contribution in [1.82, 2.24) is 4.90 Å². The number of hydrogen-bond donors (Lipinski definition) is 2. The van der Waals surface area contributed by atoms with Gasteiger partial charge in [-0.2, -0.15) is 0 Å². The molecule has 0 unspecified atom stereocenters. The second-order valence-corrected chi connectivity index (χ2v) is 7.87. The highest BCUT2D eigenvalue weighted by Crippen LogP contribution is 2.25. The van der Waals surface area contributed by atoms with Crippen LogP contribution in [0.15, 0.2) is 66.7 Å². The third-order valence-corrected chi connectivity index (χ3v) is 5.55. The molecule has 6 heteroatoms. The first-order valence-electron chi connectivity index (χ1n) is 10.5. The van der Waals surface area contributed by atoms with Gasteiger partial charge in [-0.15, -0.1) is 0 Å². The molecule has 2 N–H and O–H groups in total. The Hall–Kier alpha value is -3.67. The van der Waals surface area contributed by atoms with E-state index in [0.29, 0.717) is 30.0 Å². The molecule has 0 radical (unpaired) electrons. The molecule has 0 aromatic heterocycles. The molecule has 1 aliphatic rings. The first-order valence-corrected chi connectivity index (χ1v) is 10.5. The second-order valence-electron chi connectivity index (χ2n) is 7.87. The summed E-state index contributed by atoms with van der Waals surface area (Å²) in [5.74, 6) is -0.604. The summed E-state index contributed by atoms with van der Waals surface area (Å²) >= 11 is 0. The van der Waals surface area contributed by atoms with E-state index in [1.807, 2.05) is 42.5 Å². The highest BCUT2D eigenvalue weighted by Gasteiger charge is 2.29. The van der Waals surface area contributed by atoms with Crippen molar-refractivity contribution in [3.63, 3.8) is 0 Å². The minimum absolute atomic E-state index is 0.0399. The number of carbonyl (C=O) groups excluding carboxylic acids is 3. The van der Waals surface area contributed by atoms with E-state index in [4.69, 9.17) is 0 Å². The minimum atomic E-state index is -0.280. The fourth-order valence-corrected chi connectivity index (χ4v) is 4.08. The lowest BCUT2D eigenvalue weighted by Gasteiger charge is -2.32. The lowest BCUT2D eigenvalue weighted by atomic mass is 9.95. The molecule has 158 valence electrons. The van der Waals surface area contributed by atoms with E-state index in [0.717, 1.165) is 23.6 Å². The maximum atomic E-state index is 13.2. The van der Waals surface area contributed by atoms with Crippen LogP contribution in [-0.4, -0.2) is 35.7 Å². The van der Waals surface area contributed by atoms with Gasteiger partial charge in [-0.3, -0.25) is 14.4 Å². The highest BCUT2D eigenvalue weighted by atomic mass is 16.2. The number of nitrogens with one attached hydrogen (secondary N) is 2. The molecule has 4 rings (SSSR count). The topological polar surface area (TPSA) is 78.5 Å². The van der Waals surface area contributed by atoms with Gasteiger partial charge < -0.3 is 15.5 Å². The Morgan fingerprint density at radius 2 is 1.61 bits per heavy atom. The van der Waals surface area contributed by atoms with E-state index in [1.165, 1.54) is 6.92 Å². The van der Waals surface area contributed by atoms with Crippen LogP contribution < -0.4 is 10.6 Å². The van der Waals surface area contributed by atoms with Crippen LogP contribution >= 0.6 is 0 Å². The molecule has 1 fully saturated rings. The number of benzene rings is 3. The predicted octanol–water partition coefficient (Wildman–Crippen LogP) is 4.29. The number of anilines is 2. The molecule has 0 bridgehead atoms. The molecule has 0 saturated carbocycles. The Kier molecular flexibility index (Phi) is 5.98. The highest BCUT2D eigenvalue weighted by molar-refractivity contribution is 6.07. The number of carbonyl (C=O) groups is 3. The zero-order valence-corrected chi connectivity index (χ0v) is 17.4. The van der Waals surface area contributed by atoms with Crippen LogP contribution in [0.1, 0.15) is 30.1 Å². The van der Waals surface area contributed by atoms with E-state index in [2.05, 4.69) is 10.6 Å². The average molecular weight is 415 g/mol. The van der Waals surface area contributed by atoms with Gasteiger partial charge in [-0.1, -0.05) is 42.5 Å². The van der Waals surface area contributed by atoms with Crippen molar-refractivity contribution in [3.8, 4) is 0 Å². The van der Waals surface area contributed by atoms with Crippen LogP contribution in [0.2, 0.25) is 0 Å². The smallest absolute Gasteiger partial charge is 0.254 e. The zero-order chi connectivity index (χ0) is 21.8. The van der Waals surface area contributed by atoms with Crippen LogP contribution in [-0.2, 0) is 9.59 Å². The Bertz CT molecular complexity index is 1140. The van der Waals surface area contributed by atoms with Gasteiger partial charge in [0.25, 0.3) is 5.91 Å². The maximum Gasteiger partial charge on any atom is 0.254 e. The van der Waals surface area contributed by atoms with E-state index in [9.17, 15) is 14.4 Å². The summed E-state index contributed by atoms with van der Waals surface area (Å²) < 4.78 is 0. The van der Waals surface area contributed by atoms with Gasteiger partial charge in [0, 0.05) is 37.0 Å². The quantitative estimate of drug-likeness (QED) is 0.667. The van der Waals surface area contributed by atoms with Gasteiger partial charge in [0.1, 0.15) is 0 Å². The fraction of sp³-hybridized carbons (Fsp3) is 0.240. The first kappa shape index (κ1) is 20.6. The average Bonchev–Trinajstić information content (AvgIpc) is 2.78. The maximum absolute atomic E-state index is 13.2. The van der Waals surface area contributed by atoms with Gasteiger partial charge in [0.2, 0.25) is 11.8 Å². The van der Waals surface area contributed by atoms with Crippen LogP contribution in [0.5, 0.6) is 0 Å². The first-order chi connectivity index (χ1) is 15.0. The standard InChI is InChI=1S/C25H25N3O3/c1-17(29)26-20-10-5-11-21(15-20)27-24(30)19-9-6-14-28(16-19)25(31)23-13-4-8-18-7-2-3-12-22(18)23/h2-5,7-8,10-13,15,19H,6,9,14,16H2,1H3,(H,26,29)(H,27,30)/t19-/m0/s1. The van der Waals surface area contributed by atoms with E-state index >= 15 is 0 Å². The Morgan fingerprint density at radius 3 is 2.42 bits per heavy atom. The number of piperidine rings is 1. The molecule has 6 nitrogen and oxygen atoms in total. The van der Waals surface area contributed by atoms with E-state index < -0.39 is 0 Å². The van der Waals surface area contributed by atoms with Crippen LogP contribution in [0.3, 0.4) is 0 Å². The zero-order valence-electron chi connectivity index (χ0n) is 17.4. The molecule has 3 aromatic rings. The molecular formula is C25H25N3O3. The Morgan fingerprint density at radius 1 is 0.903 bits per heavy atom. The predicted molar refractivity (Wildman–Crippen MR) is 122 cm³/mol. The molecule has 1 aliphatic heterocycles. The molecule has 3 aromatic carbocycles. The molecule has 0 spiro atoms. The molecule has 0 aliphatic carbocycles. The van der Waals surface area contributed by atoms with Gasteiger partial charge >= 0.3 is 0 Å². The summed E-state index contributed by atoms with van der Waals surface area (Å²) in [4.78, 5) is 39.2. The van der Waals surface area contributed by atoms with Gasteiger partial charge in [0.15, 0.2) is 0 Å². The van der Waals surface area contributed by atoms with Crippen molar-refractivity contribution in [2.45, 2.75) is 19.8 Å². The largest absolute Gasteiger partial charge is 0.338 e. The lowest BCUT2D eigenvalue weighted by Crippen LogP contribution is -2.43. The third-order valence-electron chi connectivity index (χ3n) is 5.55. The van der Waals surface area contributed by atoms with Crippen molar-refractivity contribution in [2.75, 3.05) is 23.7 Å². The van der Waals surface area contributed by atoms with Gasteiger partial charge in [-0.25, -0.2) is 0 Å². The second kappa shape index (κ2) is 9.00. The van der Waals surface area contributed by atoms with E-state index in [-0.39, 0.29) is 23.6 Å². The Labute approximate surface area is 181 Å². The van der Waals surface area contributed by atoms with Crippen molar-refractivity contribution >= 4 is 39.9 Å². The molecular weight excluding hydrogens is 390 g/mol. The minimum Gasteiger partial charge on any atom is -0.338 e. The monoisotopic (exact) mass is 415 g/mol. The van der Waals surface area contributed by atoms with Crippen molar-refractivity contribution < 1.29 is 14.4 Å². The molecule has 31 heavy (non-hydrogen) atoms. The molecule has 1 saturated heterocycles. The fourth-order valence-electron chi connectivity index (χ4n) is 4.08. The van der Waals surface area contributed by atoms with E-state index in [1.54, 1.807) is 29.2 Å². The SMILES string of the molecule is CC(=O)Nc1cccc(NC(=O)[C@H]2CCCN(C(=O)c3cccc4ccccc34)C2)c1. The number of amides is 3. The summed E-state index contributed by atoms with van der Waals surface area (Å²) in [5, 5.41) is 7.59. The molecule has 3 amide bonds. The lowest BCUT2D eigenvalue weighted by molar-refractivity contribution is -0.121. The number of fused-ring (bicyclic) bond motifs is 1. The molecule has 1 heterocycles. The summed E-state index contributed by atoms with van der Waals surface area (Å²) in [6.45, 7) is 2.47. The van der Waals surface area contributed by atoms with Gasteiger partial charge in [-0.05, 0) is 47.9 Å². The number of nitrogens with zero attached hydrogens (tertiary/aromatic N) is 1. The summed E-state index contributed by atoms with van der Waals surface area (Å²) in [6, 6.07) is 20.6. The van der Waals surface area contributed by atoms with Crippen molar-refractivity contribution in [3.05, 3.63) is 72.3 Å². The number of likely N-dealkylation sites (tertiary alicyclic amines) is 1. The number of hydrogen-bond acceptors (Lipinski definition) is 3. The van der Waals surface area contributed by atoms with Crippen LogP contribution in [0.4, 0.5) is 11.4 Å². The summed E-state index contributed by atoms with van der Waals surface area (Å²) in [7, 11) is 0. The van der Waals surface area contributed by atoms with Crippen LogP contribution in [0.25, 0.3) is 10.8 Å². The van der Waals surface area contributed by atoms with Crippen molar-refractivity contribution in [1.29, 1.82) is 0 Å². The van der Waals surface area contributed by atoms with Crippen LogP contribution in [0, 0.1) is 5.92 Å². The Balaban J connectivity index is 1.46. The summed E-state index contributed by atoms with van der Waals surface area (Å²) in [5.41, 5.74) is 1.91. The third kappa shape index (κ3) is 4.74.